The number of aliphatic carboxylic acids is 1. The fourth-order valence-corrected chi connectivity index (χ4v) is 2.49. The molecule has 1 saturated carbocycles. The summed E-state index contributed by atoms with van der Waals surface area (Å²) in [7, 11) is 0. The van der Waals surface area contributed by atoms with Gasteiger partial charge in [-0.25, -0.2) is 9.18 Å². The molecule has 0 aromatic heterocycles. The molecule has 0 bridgehead atoms. The summed E-state index contributed by atoms with van der Waals surface area (Å²) < 4.78 is 13.2. The van der Waals surface area contributed by atoms with Crippen LogP contribution >= 0.6 is 0 Å². The number of carbonyl (C=O) groups excluding carboxylic acids is 1. The maximum atomic E-state index is 13.2. The van der Waals surface area contributed by atoms with Crippen LogP contribution in [0.5, 0.6) is 0 Å². The zero-order valence-corrected chi connectivity index (χ0v) is 10.7. The smallest absolute Gasteiger partial charge is 0.329 e. The second-order valence-electron chi connectivity index (χ2n) is 5.01. The van der Waals surface area contributed by atoms with Crippen LogP contribution in [0.15, 0.2) is 18.2 Å². The minimum Gasteiger partial charge on any atom is -0.480 e. The Morgan fingerprint density at radius 2 is 1.95 bits per heavy atom. The summed E-state index contributed by atoms with van der Waals surface area (Å²) >= 11 is 0. The number of carboxylic acids is 1. The molecule has 0 heterocycles. The van der Waals surface area contributed by atoms with Crippen molar-refractivity contribution in [2.75, 3.05) is 0 Å². The number of carboxylic acid groups (broad SMARTS) is 1. The van der Waals surface area contributed by atoms with Crippen LogP contribution in [-0.2, 0) is 4.79 Å². The molecule has 102 valence electrons. The molecular weight excluding hydrogens is 249 g/mol. The van der Waals surface area contributed by atoms with Gasteiger partial charge >= 0.3 is 5.97 Å². The minimum atomic E-state index is -1.20. The summed E-state index contributed by atoms with van der Waals surface area (Å²) in [6.45, 7) is 1.69. The van der Waals surface area contributed by atoms with Crippen LogP contribution in [0.4, 0.5) is 4.39 Å². The second-order valence-corrected chi connectivity index (χ2v) is 5.01. The average molecular weight is 265 g/mol. The van der Waals surface area contributed by atoms with Crippen molar-refractivity contribution in [2.24, 2.45) is 0 Å². The van der Waals surface area contributed by atoms with Crippen molar-refractivity contribution in [1.29, 1.82) is 0 Å². The number of aryl methyl sites for hydroxylation is 1. The largest absolute Gasteiger partial charge is 0.480 e. The average Bonchev–Trinajstić information content (AvgIpc) is 2.82. The Hall–Kier alpha value is -1.91. The van der Waals surface area contributed by atoms with Gasteiger partial charge in [0.15, 0.2) is 0 Å². The van der Waals surface area contributed by atoms with Crippen molar-refractivity contribution in [3.63, 3.8) is 0 Å². The molecule has 1 fully saturated rings. The number of rotatable bonds is 3. The van der Waals surface area contributed by atoms with Crippen LogP contribution in [0, 0.1) is 12.7 Å². The number of halogens is 1. The number of carbonyl (C=O) groups is 2. The Labute approximate surface area is 110 Å². The lowest BCUT2D eigenvalue weighted by atomic mass is 9.96. The van der Waals surface area contributed by atoms with Crippen molar-refractivity contribution in [2.45, 2.75) is 38.1 Å². The molecule has 1 aromatic rings. The van der Waals surface area contributed by atoms with Crippen LogP contribution < -0.4 is 5.32 Å². The van der Waals surface area contributed by atoms with Crippen LogP contribution in [0.2, 0.25) is 0 Å². The van der Waals surface area contributed by atoms with Gasteiger partial charge in [-0.2, -0.15) is 0 Å². The Kier molecular flexibility index (Phi) is 3.55. The van der Waals surface area contributed by atoms with Crippen molar-refractivity contribution in [1.82, 2.24) is 5.32 Å². The molecule has 0 radical (unpaired) electrons. The van der Waals surface area contributed by atoms with E-state index in [2.05, 4.69) is 5.32 Å². The van der Waals surface area contributed by atoms with Gasteiger partial charge in [-0.3, -0.25) is 4.79 Å². The molecule has 2 N–H and O–H groups in total. The Morgan fingerprint density at radius 3 is 2.53 bits per heavy atom. The lowest BCUT2D eigenvalue weighted by Crippen LogP contribution is -2.52. The molecule has 0 saturated heterocycles. The third-order valence-electron chi connectivity index (χ3n) is 3.66. The minimum absolute atomic E-state index is 0.188. The molecule has 2 rings (SSSR count). The van der Waals surface area contributed by atoms with Gasteiger partial charge in [0.05, 0.1) is 0 Å². The van der Waals surface area contributed by atoms with E-state index in [1.165, 1.54) is 12.1 Å². The summed E-state index contributed by atoms with van der Waals surface area (Å²) in [5.74, 6) is -2.06. The van der Waals surface area contributed by atoms with Crippen molar-refractivity contribution in [3.8, 4) is 0 Å². The number of hydrogen-bond donors (Lipinski definition) is 2. The zero-order valence-electron chi connectivity index (χ0n) is 10.7. The van der Waals surface area contributed by atoms with E-state index in [0.717, 1.165) is 18.9 Å². The Bertz CT molecular complexity index is 521. The SMILES string of the molecule is Cc1ccc(F)cc1C(=O)NC1(C(=O)O)CCCC1. The van der Waals surface area contributed by atoms with E-state index in [4.69, 9.17) is 0 Å². The highest BCUT2D eigenvalue weighted by molar-refractivity contribution is 5.99. The number of nitrogens with one attached hydrogen (secondary N) is 1. The van der Waals surface area contributed by atoms with Gasteiger partial charge < -0.3 is 10.4 Å². The third-order valence-corrected chi connectivity index (χ3v) is 3.66. The van der Waals surface area contributed by atoms with Gasteiger partial charge in [0.2, 0.25) is 0 Å². The molecule has 1 aliphatic rings. The highest BCUT2D eigenvalue weighted by Gasteiger charge is 2.42. The summed E-state index contributed by atoms with van der Waals surface area (Å²) in [5, 5.41) is 11.9. The van der Waals surface area contributed by atoms with Gasteiger partial charge in [-0.15, -0.1) is 0 Å². The molecule has 5 heteroatoms. The van der Waals surface area contributed by atoms with Gasteiger partial charge in [-0.05, 0) is 37.5 Å². The first-order chi connectivity index (χ1) is 8.94. The second kappa shape index (κ2) is 4.99. The van der Waals surface area contributed by atoms with E-state index in [1.807, 2.05) is 0 Å². The normalized spacial score (nSPS) is 17.2. The van der Waals surface area contributed by atoms with Crippen molar-refractivity contribution < 1.29 is 19.1 Å². The van der Waals surface area contributed by atoms with Crippen LogP contribution in [0.25, 0.3) is 0 Å². The molecule has 0 spiro atoms. The monoisotopic (exact) mass is 265 g/mol. The molecule has 4 nitrogen and oxygen atoms in total. The van der Waals surface area contributed by atoms with Crippen LogP contribution in [-0.4, -0.2) is 22.5 Å². The van der Waals surface area contributed by atoms with E-state index in [0.29, 0.717) is 18.4 Å². The predicted molar refractivity (Wildman–Crippen MR) is 67.4 cm³/mol. The summed E-state index contributed by atoms with van der Waals surface area (Å²) in [5.41, 5.74) is -0.388. The molecule has 0 unspecified atom stereocenters. The first-order valence-electron chi connectivity index (χ1n) is 6.27. The molecular formula is C14H16FNO3. The molecule has 1 amide bonds. The van der Waals surface area contributed by atoms with Gasteiger partial charge in [-0.1, -0.05) is 18.9 Å². The van der Waals surface area contributed by atoms with Crippen molar-refractivity contribution >= 4 is 11.9 Å². The van der Waals surface area contributed by atoms with Gasteiger partial charge in [0.1, 0.15) is 11.4 Å². The van der Waals surface area contributed by atoms with Crippen LogP contribution in [0.3, 0.4) is 0 Å². The highest BCUT2D eigenvalue weighted by atomic mass is 19.1. The Morgan fingerprint density at radius 1 is 1.32 bits per heavy atom. The van der Waals surface area contributed by atoms with E-state index < -0.39 is 23.2 Å². The molecule has 0 atom stereocenters. The van der Waals surface area contributed by atoms with E-state index in [9.17, 15) is 19.1 Å². The zero-order chi connectivity index (χ0) is 14.0. The summed E-state index contributed by atoms with van der Waals surface area (Å²) in [6.07, 6.45) is 2.38. The Balaban J connectivity index is 2.25. The molecule has 1 aliphatic carbocycles. The molecule has 1 aromatic carbocycles. The van der Waals surface area contributed by atoms with Crippen molar-refractivity contribution in [3.05, 3.63) is 35.1 Å². The van der Waals surface area contributed by atoms with E-state index in [1.54, 1.807) is 6.92 Å². The summed E-state index contributed by atoms with van der Waals surface area (Å²) in [6, 6.07) is 3.91. The highest BCUT2D eigenvalue weighted by Crippen LogP contribution is 2.30. The molecule has 0 aliphatic heterocycles. The molecule has 19 heavy (non-hydrogen) atoms. The lowest BCUT2D eigenvalue weighted by molar-refractivity contribution is -0.144. The fourth-order valence-electron chi connectivity index (χ4n) is 2.49. The lowest BCUT2D eigenvalue weighted by Gasteiger charge is -2.25. The van der Waals surface area contributed by atoms with E-state index in [-0.39, 0.29) is 5.56 Å². The standard InChI is InChI=1S/C14H16FNO3/c1-9-4-5-10(15)8-11(9)12(17)16-14(13(18)19)6-2-3-7-14/h4-5,8H,2-3,6-7H2,1H3,(H,16,17)(H,18,19). The topological polar surface area (TPSA) is 66.4 Å². The van der Waals surface area contributed by atoms with Crippen LogP contribution in [0.1, 0.15) is 41.6 Å². The number of amides is 1. The fraction of sp³-hybridized carbons (Fsp3) is 0.429. The maximum Gasteiger partial charge on any atom is 0.329 e. The summed E-state index contributed by atoms with van der Waals surface area (Å²) in [4.78, 5) is 23.5. The van der Waals surface area contributed by atoms with Gasteiger partial charge in [0, 0.05) is 5.56 Å². The number of benzene rings is 1. The first kappa shape index (κ1) is 13.5. The first-order valence-corrected chi connectivity index (χ1v) is 6.27. The van der Waals surface area contributed by atoms with E-state index >= 15 is 0 Å². The quantitative estimate of drug-likeness (QED) is 0.881. The number of hydrogen-bond acceptors (Lipinski definition) is 2. The maximum absolute atomic E-state index is 13.2. The third kappa shape index (κ3) is 2.59. The van der Waals surface area contributed by atoms with Gasteiger partial charge in [0.25, 0.3) is 5.91 Å². The predicted octanol–water partition coefficient (Wildman–Crippen LogP) is 2.26.